The fourth-order valence-electron chi connectivity index (χ4n) is 2.13. The highest BCUT2D eigenvalue weighted by Gasteiger charge is 2.29. The Hall–Kier alpha value is -0.0800. The molecule has 1 saturated heterocycles. The largest absolute Gasteiger partial charge is 0.317 e. The SMILES string of the molecule is CNC1CC(C)NC(C)(C)C1. The zero-order valence-corrected chi connectivity index (χ0v) is 8.07. The molecule has 1 aliphatic heterocycles. The monoisotopic (exact) mass is 156 g/mol. The summed E-state index contributed by atoms with van der Waals surface area (Å²) in [6, 6.07) is 1.34. The van der Waals surface area contributed by atoms with Crippen molar-refractivity contribution >= 4 is 0 Å². The second-order valence-electron chi connectivity index (χ2n) is 4.35. The average molecular weight is 156 g/mol. The van der Waals surface area contributed by atoms with Crippen LogP contribution in [0.3, 0.4) is 0 Å². The number of nitrogens with one attached hydrogen (secondary N) is 2. The van der Waals surface area contributed by atoms with E-state index in [9.17, 15) is 0 Å². The molecular weight excluding hydrogens is 136 g/mol. The lowest BCUT2D eigenvalue weighted by molar-refractivity contribution is 0.213. The lowest BCUT2D eigenvalue weighted by atomic mass is 9.86. The van der Waals surface area contributed by atoms with E-state index >= 15 is 0 Å². The van der Waals surface area contributed by atoms with Gasteiger partial charge in [0, 0.05) is 17.6 Å². The molecule has 0 aromatic rings. The van der Waals surface area contributed by atoms with Crippen LogP contribution in [0.2, 0.25) is 0 Å². The maximum Gasteiger partial charge on any atom is 0.0142 e. The Labute approximate surface area is 69.8 Å². The summed E-state index contributed by atoms with van der Waals surface area (Å²) in [5.41, 5.74) is 0.311. The predicted molar refractivity (Wildman–Crippen MR) is 48.8 cm³/mol. The van der Waals surface area contributed by atoms with Gasteiger partial charge in [0.1, 0.15) is 0 Å². The number of piperidine rings is 1. The summed E-state index contributed by atoms with van der Waals surface area (Å²) in [6.07, 6.45) is 2.48. The highest BCUT2D eigenvalue weighted by atomic mass is 15.0. The van der Waals surface area contributed by atoms with Gasteiger partial charge < -0.3 is 10.6 Å². The van der Waals surface area contributed by atoms with Gasteiger partial charge in [-0.3, -0.25) is 0 Å². The molecule has 1 fully saturated rings. The molecule has 11 heavy (non-hydrogen) atoms. The van der Waals surface area contributed by atoms with Gasteiger partial charge in [-0.2, -0.15) is 0 Å². The third-order valence-corrected chi connectivity index (χ3v) is 2.44. The minimum Gasteiger partial charge on any atom is -0.317 e. The van der Waals surface area contributed by atoms with Crippen molar-refractivity contribution in [1.82, 2.24) is 10.6 Å². The quantitative estimate of drug-likeness (QED) is 0.594. The van der Waals surface area contributed by atoms with Crippen molar-refractivity contribution in [3.05, 3.63) is 0 Å². The summed E-state index contributed by atoms with van der Waals surface area (Å²) >= 11 is 0. The summed E-state index contributed by atoms with van der Waals surface area (Å²) in [7, 11) is 2.05. The van der Waals surface area contributed by atoms with E-state index in [2.05, 4.69) is 38.5 Å². The van der Waals surface area contributed by atoms with Crippen LogP contribution in [0.25, 0.3) is 0 Å². The van der Waals surface area contributed by atoms with E-state index in [4.69, 9.17) is 0 Å². The third-order valence-electron chi connectivity index (χ3n) is 2.44. The Balaban J connectivity index is 2.51. The van der Waals surface area contributed by atoms with Gasteiger partial charge in [-0.25, -0.2) is 0 Å². The van der Waals surface area contributed by atoms with E-state index in [0.717, 1.165) is 0 Å². The van der Waals surface area contributed by atoms with Crippen LogP contribution in [0.15, 0.2) is 0 Å². The summed E-state index contributed by atoms with van der Waals surface area (Å²) in [4.78, 5) is 0. The molecule has 66 valence electrons. The van der Waals surface area contributed by atoms with E-state index in [0.29, 0.717) is 17.6 Å². The van der Waals surface area contributed by atoms with Crippen LogP contribution >= 0.6 is 0 Å². The normalized spacial score (nSPS) is 37.1. The molecule has 0 aromatic heterocycles. The molecule has 0 radical (unpaired) electrons. The fraction of sp³-hybridized carbons (Fsp3) is 1.00. The molecule has 1 heterocycles. The van der Waals surface area contributed by atoms with Crippen LogP contribution in [0, 0.1) is 0 Å². The molecule has 1 rings (SSSR count). The summed E-state index contributed by atoms with van der Waals surface area (Å²) in [5, 5.41) is 6.93. The van der Waals surface area contributed by atoms with Crippen molar-refractivity contribution in [2.45, 2.75) is 51.2 Å². The Kier molecular flexibility index (Phi) is 2.55. The van der Waals surface area contributed by atoms with Gasteiger partial charge in [0.25, 0.3) is 0 Å². The molecular formula is C9H20N2. The summed E-state index contributed by atoms with van der Waals surface area (Å²) < 4.78 is 0. The van der Waals surface area contributed by atoms with E-state index < -0.39 is 0 Å². The second-order valence-corrected chi connectivity index (χ2v) is 4.35. The van der Waals surface area contributed by atoms with Crippen LogP contribution in [-0.4, -0.2) is 24.7 Å². The maximum atomic E-state index is 3.58. The van der Waals surface area contributed by atoms with Crippen molar-refractivity contribution in [2.75, 3.05) is 7.05 Å². The Morgan fingerprint density at radius 3 is 2.55 bits per heavy atom. The summed E-state index contributed by atoms with van der Waals surface area (Å²) in [6.45, 7) is 6.80. The third kappa shape index (κ3) is 2.46. The van der Waals surface area contributed by atoms with Crippen molar-refractivity contribution < 1.29 is 0 Å². The first-order chi connectivity index (χ1) is 5.03. The van der Waals surface area contributed by atoms with Gasteiger partial charge in [0.2, 0.25) is 0 Å². The molecule has 2 heteroatoms. The van der Waals surface area contributed by atoms with Crippen LogP contribution < -0.4 is 10.6 Å². The first kappa shape index (κ1) is 9.01. The molecule has 0 aliphatic carbocycles. The van der Waals surface area contributed by atoms with E-state index in [-0.39, 0.29) is 0 Å². The van der Waals surface area contributed by atoms with Crippen LogP contribution in [-0.2, 0) is 0 Å². The van der Waals surface area contributed by atoms with Crippen molar-refractivity contribution in [3.8, 4) is 0 Å². The van der Waals surface area contributed by atoms with Gasteiger partial charge in [-0.05, 0) is 40.7 Å². The number of hydrogen-bond acceptors (Lipinski definition) is 2. The van der Waals surface area contributed by atoms with Gasteiger partial charge >= 0.3 is 0 Å². The molecule has 0 bridgehead atoms. The zero-order chi connectivity index (χ0) is 8.48. The topological polar surface area (TPSA) is 24.1 Å². The minimum absolute atomic E-state index is 0.311. The molecule has 0 aromatic carbocycles. The van der Waals surface area contributed by atoms with E-state index in [1.54, 1.807) is 0 Å². The zero-order valence-electron chi connectivity index (χ0n) is 8.07. The molecule has 0 amide bonds. The highest BCUT2D eigenvalue weighted by Crippen LogP contribution is 2.21. The number of rotatable bonds is 1. The molecule has 2 atom stereocenters. The van der Waals surface area contributed by atoms with Gasteiger partial charge in [0.05, 0.1) is 0 Å². The molecule has 2 unspecified atom stereocenters. The van der Waals surface area contributed by atoms with Crippen LogP contribution in [0.1, 0.15) is 33.6 Å². The van der Waals surface area contributed by atoms with E-state index in [1.807, 2.05) is 0 Å². The molecule has 1 aliphatic rings. The van der Waals surface area contributed by atoms with Crippen LogP contribution in [0.4, 0.5) is 0 Å². The number of hydrogen-bond donors (Lipinski definition) is 2. The maximum absolute atomic E-state index is 3.58. The molecule has 0 saturated carbocycles. The Morgan fingerprint density at radius 2 is 2.09 bits per heavy atom. The lowest BCUT2D eigenvalue weighted by Gasteiger charge is -2.40. The first-order valence-corrected chi connectivity index (χ1v) is 4.48. The van der Waals surface area contributed by atoms with Gasteiger partial charge in [-0.15, -0.1) is 0 Å². The Bertz CT molecular complexity index is 132. The average Bonchev–Trinajstić information content (AvgIpc) is 1.83. The lowest BCUT2D eigenvalue weighted by Crippen LogP contribution is -2.55. The fourth-order valence-corrected chi connectivity index (χ4v) is 2.13. The van der Waals surface area contributed by atoms with Crippen LogP contribution in [0.5, 0.6) is 0 Å². The van der Waals surface area contributed by atoms with Gasteiger partial charge in [-0.1, -0.05) is 0 Å². The predicted octanol–water partition coefficient (Wildman–Crippen LogP) is 1.12. The first-order valence-electron chi connectivity index (χ1n) is 4.48. The van der Waals surface area contributed by atoms with Crippen molar-refractivity contribution in [1.29, 1.82) is 0 Å². The van der Waals surface area contributed by atoms with Gasteiger partial charge in [0.15, 0.2) is 0 Å². The standard InChI is InChI=1S/C9H20N2/c1-7-5-8(10-4)6-9(2,3)11-7/h7-8,10-11H,5-6H2,1-4H3. The highest BCUT2D eigenvalue weighted by molar-refractivity contribution is 4.92. The minimum atomic E-state index is 0.311. The Morgan fingerprint density at radius 1 is 1.45 bits per heavy atom. The molecule has 2 nitrogen and oxygen atoms in total. The van der Waals surface area contributed by atoms with E-state index in [1.165, 1.54) is 12.8 Å². The smallest absolute Gasteiger partial charge is 0.0142 e. The molecule has 0 spiro atoms. The van der Waals surface area contributed by atoms with Crippen molar-refractivity contribution in [2.24, 2.45) is 0 Å². The summed E-state index contributed by atoms with van der Waals surface area (Å²) in [5.74, 6) is 0. The van der Waals surface area contributed by atoms with Crippen molar-refractivity contribution in [3.63, 3.8) is 0 Å². The molecule has 2 N–H and O–H groups in total. The second kappa shape index (κ2) is 3.11.